The Labute approximate surface area is 120 Å². The van der Waals surface area contributed by atoms with Crippen LogP contribution in [0.5, 0.6) is 0 Å². The van der Waals surface area contributed by atoms with Crippen molar-refractivity contribution in [3.05, 3.63) is 29.3 Å². The first-order valence-electron chi connectivity index (χ1n) is 6.26. The summed E-state index contributed by atoms with van der Waals surface area (Å²) in [5, 5.41) is 11.8. The molecule has 1 saturated heterocycles. The fourth-order valence-corrected chi connectivity index (χ4v) is 3.52. The summed E-state index contributed by atoms with van der Waals surface area (Å²) in [7, 11) is -4.33. The zero-order chi connectivity index (χ0) is 15.6. The van der Waals surface area contributed by atoms with Crippen molar-refractivity contribution < 1.29 is 27.1 Å². The van der Waals surface area contributed by atoms with Gasteiger partial charge in [0.25, 0.3) is 0 Å². The quantitative estimate of drug-likeness (QED) is 0.759. The van der Waals surface area contributed by atoms with Crippen LogP contribution in [0.15, 0.2) is 17.0 Å². The zero-order valence-electron chi connectivity index (χ0n) is 10.9. The summed E-state index contributed by atoms with van der Waals surface area (Å²) in [4.78, 5) is 9.83. The molecule has 2 rings (SSSR count). The van der Waals surface area contributed by atoms with Crippen LogP contribution in [0.3, 0.4) is 0 Å². The molecular weight excluding hydrogens is 306 g/mol. The van der Waals surface area contributed by atoms with Crippen LogP contribution in [0.1, 0.15) is 23.2 Å². The molecule has 1 fully saturated rings. The Bertz CT molecular complexity index is 657. The first kappa shape index (κ1) is 15.8. The van der Waals surface area contributed by atoms with Crippen LogP contribution in [-0.4, -0.2) is 38.6 Å². The second-order valence-electron chi connectivity index (χ2n) is 4.72. The van der Waals surface area contributed by atoms with Gasteiger partial charge in [0.05, 0.1) is 5.56 Å². The van der Waals surface area contributed by atoms with Gasteiger partial charge in [0.15, 0.2) is 11.6 Å². The molecule has 6 nitrogen and oxygen atoms in total. The van der Waals surface area contributed by atoms with Gasteiger partial charge >= 0.3 is 5.97 Å². The van der Waals surface area contributed by atoms with Gasteiger partial charge in [0, 0.05) is 6.04 Å². The van der Waals surface area contributed by atoms with Gasteiger partial charge in [-0.3, -0.25) is 0 Å². The third-order valence-corrected chi connectivity index (χ3v) is 4.71. The van der Waals surface area contributed by atoms with Gasteiger partial charge in [0.1, 0.15) is 4.90 Å². The van der Waals surface area contributed by atoms with E-state index in [1.54, 1.807) is 0 Å². The molecular formula is C12H14F2N2O4S. The summed E-state index contributed by atoms with van der Waals surface area (Å²) in [6.45, 7) is 1.22. The number of piperidine rings is 1. The number of carboxylic acids is 1. The van der Waals surface area contributed by atoms with Crippen molar-refractivity contribution in [1.29, 1.82) is 0 Å². The van der Waals surface area contributed by atoms with E-state index >= 15 is 0 Å². The van der Waals surface area contributed by atoms with Crippen LogP contribution in [0.25, 0.3) is 0 Å². The third kappa shape index (κ3) is 3.55. The van der Waals surface area contributed by atoms with Crippen molar-refractivity contribution in [3.63, 3.8) is 0 Å². The van der Waals surface area contributed by atoms with Gasteiger partial charge in [-0.1, -0.05) is 0 Å². The molecule has 0 amide bonds. The lowest BCUT2D eigenvalue weighted by Crippen LogP contribution is -2.42. The molecule has 0 spiro atoms. The predicted molar refractivity (Wildman–Crippen MR) is 69.5 cm³/mol. The lowest BCUT2D eigenvalue weighted by Gasteiger charge is -2.23. The van der Waals surface area contributed by atoms with Crippen molar-refractivity contribution in [1.82, 2.24) is 10.0 Å². The Kier molecular flexibility index (Phi) is 4.55. The predicted octanol–water partition coefficient (Wildman–Crippen LogP) is 0.693. The van der Waals surface area contributed by atoms with Crippen LogP contribution in [0, 0.1) is 11.6 Å². The molecule has 9 heteroatoms. The van der Waals surface area contributed by atoms with Crippen molar-refractivity contribution in [2.75, 3.05) is 13.1 Å². The van der Waals surface area contributed by atoms with Gasteiger partial charge in [-0.15, -0.1) is 0 Å². The van der Waals surface area contributed by atoms with Crippen LogP contribution in [0.4, 0.5) is 8.78 Å². The first-order valence-corrected chi connectivity index (χ1v) is 7.75. The molecule has 1 aliphatic rings. The molecule has 0 atom stereocenters. The van der Waals surface area contributed by atoms with Gasteiger partial charge in [-0.05, 0) is 38.1 Å². The van der Waals surface area contributed by atoms with Gasteiger partial charge in [-0.25, -0.2) is 26.7 Å². The molecule has 0 unspecified atom stereocenters. The lowest BCUT2D eigenvalue weighted by atomic mass is 10.1. The largest absolute Gasteiger partial charge is 0.478 e. The number of sulfonamides is 1. The summed E-state index contributed by atoms with van der Waals surface area (Å²) in [6, 6.07) is 0.665. The van der Waals surface area contributed by atoms with Crippen LogP contribution in [-0.2, 0) is 10.0 Å². The Hall–Kier alpha value is -1.58. The average molecular weight is 320 g/mol. The fourth-order valence-electron chi connectivity index (χ4n) is 2.11. The summed E-state index contributed by atoms with van der Waals surface area (Å²) >= 11 is 0. The molecule has 3 N–H and O–H groups in total. The smallest absolute Gasteiger partial charge is 0.335 e. The van der Waals surface area contributed by atoms with E-state index in [1.165, 1.54) is 0 Å². The minimum absolute atomic E-state index is 0.396. The first-order chi connectivity index (χ1) is 9.81. The van der Waals surface area contributed by atoms with E-state index in [-0.39, 0.29) is 0 Å². The summed E-state index contributed by atoms with van der Waals surface area (Å²) in [6.07, 6.45) is 1.03. The highest BCUT2D eigenvalue weighted by Crippen LogP contribution is 2.21. The maximum Gasteiger partial charge on any atom is 0.335 e. The molecule has 21 heavy (non-hydrogen) atoms. The molecule has 0 bridgehead atoms. The van der Waals surface area contributed by atoms with Gasteiger partial charge in [0.2, 0.25) is 10.0 Å². The number of carboxylic acid groups (broad SMARTS) is 1. The van der Waals surface area contributed by atoms with E-state index in [0.717, 1.165) is 0 Å². The number of benzene rings is 1. The lowest BCUT2D eigenvalue weighted by molar-refractivity contribution is 0.0696. The van der Waals surface area contributed by atoms with E-state index in [0.29, 0.717) is 38.1 Å². The highest BCUT2D eigenvalue weighted by Gasteiger charge is 2.27. The number of halogens is 2. The minimum Gasteiger partial charge on any atom is -0.478 e. The van der Waals surface area contributed by atoms with E-state index in [4.69, 9.17) is 5.11 Å². The summed E-state index contributed by atoms with van der Waals surface area (Å²) in [5.41, 5.74) is -0.625. The highest BCUT2D eigenvalue weighted by molar-refractivity contribution is 7.89. The topological polar surface area (TPSA) is 95.5 Å². The fraction of sp³-hybridized carbons (Fsp3) is 0.417. The molecule has 1 aliphatic heterocycles. The van der Waals surface area contributed by atoms with E-state index in [2.05, 4.69) is 10.0 Å². The molecule has 0 radical (unpaired) electrons. The molecule has 1 heterocycles. The number of hydrogen-bond donors (Lipinski definition) is 3. The van der Waals surface area contributed by atoms with Crippen LogP contribution >= 0.6 is 0 Å². The Morgan fingerprint density at radius 1 is 1.29 bits per heavy atom. The van der Waals surface area contributed by atoms with Crippen molar-refractivity contribution >= 4 is 16.0 Å². The summed E-state index contributed by atoms with van der Waals surface area (Å²) in [5.74, 6) is -4.63. The monoisotopic (exact) mass is 320 g/mol. The normalized spacial score (nSPS) is 16.9. The Balaban J connectivity index is 2.36. The molecule has 1 aromatic rings. The second kappa shape index (κ2) is 6.04. The molecule has 116 valence electrons. The van der Waals surface area contributed by atoms with Crippen molar-refractivity contribution in [2.45, 2.75) is 23.8 Å². The van der Waals surface area contributed by atoms with Crippen molar-refractivity contribution in [3.8, 4) is 0 Å². The van der Waals surface area contributed by atoms with Crippen LogP contribution < -0.4 is 10.0 Å². The number of aromatic carboxylic acids is 1. The van der Waals surface area contributed by atoms with E-state index in [1.807, 2.05) is 0 Å². The Morgan fingerprint density at radius 3 is 2.48 bits per heavy atom. The number of hydrogen-bond acceptors (Lipinski definition) is 4. The maximum absolute atomic E-state index is 13.7. The molecule has 1 aromatic carbocycles. The SMILES string of the molecule is O=C(O)c1cc(F)c(F)c(S(=O)(=O)NC2CCNCC2)c1. The highest BCUT2D eigenvalue weighted by atomic mass is 32.2. The minimum atomic E-state index is -4.33. The number of rotatable bonds is 4. The zero-order valence-corrected chi connectivity index (χ0v) is 11.7. The maximum atomic E-state index is 13.7. The number of carbonyl (C=O) groups is 1. The third-order valence-electron chi connectivity index (χ3n) is 3.19. The van der Waals surface area contributed by atoms with E-state index in [9.17, 15) is 22.0 Å². The molecule has 0 saturated carbocycles. The molecule has 0 aliphatic carbocycles. The summed E-state index contributed by atoms with van der Waals surface area (Å²) < 4.78 is 53.6. The second-order valence-corrected chi connectivity index (χ2v) is 6.40. The van der Waals surface area contributed by atoms with Gasteiger partial charge in [-0.2, -0.15) is 0 Å². The molecule has 0 aromatic heterocycles. The van der Waals surface area contributed by atoms with Gasteiger partial charge < -0.3 is 10.4 Å². The average Bonchev–Trinajstić information content (AvgIpc) is 2.41. The Morgan fingerprint density at radius 2 is 1.90 bits per heavy atom. The standard InChI is InChI=1S/C12H14F2N2O4S/c13-9-5-7(12(17)18)6-10(11(9)14)21(19,20)16-8-1-3-15-4-2-8/h5-6,8,15-16H,1-4H2,(H,17,18). The van der Waals surface area contributed by atoms with E-state index < -0.39 is 44.1 Å². The number of nitrogens with one attached hydrogen (secondary N) is 2. The van der Waals surface area contributed by atoms with Crippen LogP contribution in [0.2, 0.25) is 0 Å². The van der Waals surface area contributed by atoms with Crippen molar-refractivity contribution in [2.24, 2.45) is 0 Å².